The van der Waals surface area contributed by atoms with E-state index in [1.54, 1.807) is 7.05 Å². The highest BCUT2D eigenvalue weighted by atomic mass is 19.4. The molecule has 0 aromatic heterocycles. The molecule has 0 aromatic rings. The summed E-state index contributed by atoms with van der Waals surface area (Å²) in [5.74, 6) is 0.605. The van der Waals surface area contributed by atoms with Crippen molar-refractivity contribution in [3.63, 3.8) is 0 Å². The quantitative estimate of drug-likeness (QED) is 0.449. The van der Waals surface area contributed by atoms with Gasteiger partial charge in [-0.2, -0.15) is 13.2 Å². The molecule has 118 valence electrons. The predicted molar refractivity (Wildman–Crippen MR) is 72.9 cm³/mol. The SMILES string of the molecule is CN=C(NCCCCC(F)(F)F)NCC1(C)CCCO1. The largest absolute Gasteiger partial charge is 0.389 e. The number of nitrogens with one attached hydrogen (secondary N) is 2. The minimum absolute atomic E-state index is 0.133. The molecule has 0 radical (unpaired) electrons. The first-order valence-electron chi connectivity index (χ1n) is 7.00. The van der Waals surface area contributed by atoms with Crippen LogP contribution in [0.2, 0.25) is 0 Å². The summed E-state index contributed by atoms with van der Waals surface area (Å²) in [6, 6.07) is 0. The summed E-state index contributed by atoms with van der Waals surface area (Å²) in [7, 11) is 1.64. The third-order valence-electron chi connectivity index (χ3n) is 3.33. The van der Waals surface area contributed by atoms with Crippen molar-refractivity contribution in [1.82, 2.24) is 10.6 Å². The molecule has 4 nitrogen and oxygen atoms in total. The predicted octanol–water partition coefficient (Wildman–Crippen LogP) is 2.45. The van der Waals surface area contributed by atoms with Gasteiger partial charge < -0.3 is 15.4 Å². The van der Waals surface area contributed by atoms with E-state index < -0.39 is 12.6 Å². The van der Waals surface area contributed by atoms with Crippen molar-refractivity contribution < 1.29 is 17.9 Å². The fourth-order valence-electron chi connectivity index (χ4n) is 2.12. The summed E-state index contributed by atoms with van der Waals surface area (Å²) < 4.78 is 41.6. The Kier molecular flexibility index (Phi) is 6.58. The summed E-state index contributed by atoms with van der Waals surface area (Å²) in [6.45, 7) is 3.95. The monoisotopic (exact) mass is 295 g/mol. The summed E-state index contributed by atoms with van der Waals surface area (Å²) in [5, 5.41) is 6.16. The molecular formula is C13H24F3N3O. The Hall–Kier alpha value is -0.980. The number of rotatable bonds is 6. The number of nitrogens with zero attached hydrogens (tertiary/aromatic N) is 1. The molecule has 0 aromatic carbocycles. The van der Waals surface area contributed by atoms with Crippen LogP contribution in [0, 0.1) is 0 Å². The zero-order chi connectivity index (χ0) is 15.1. The third-order valence-corrected chi connectivity index (χ3v) is 3.33. The van der Waals surface area contributed by atoms with Gasteiger partial charge in [-0.15, -0.1) is 0 Å². The van der Waals surface area contributed by atoms with E-state index in [4.69, 9.17) is 4.74 Å². The van der Waals surface area contributed by atoms with Crippen LogP contribution in [-0.4, -0.2) is 44.5 Å². The minimum atomic E-state index is -4.06. The lowest BCUT2D eigenvalue weighted by Crippen LogP contribution is -2.45. The van der Waals surface area contributed by atoms with E-state index in [1.807, 2.05) is 6.92 Å². The molecule has 0 saturated carbocycles. The molecular weight excluding hydrogens is 271 g/mol. The van der Waals surface area contributed by atoms with Crippen molar-refractivity contribution in [2.75, 3.05) is 26.7 Å². The first-order chi connectivity index (χ1) is 9.35. The highest BCUT2D eigenvalue weighted by Crippen LogP contribution is 2.24. The first kappa shape index (κ1) is 17.1. The van der Waals surface area contributed by atoms with Crippen molar-refractivity contribution in [3.05, 3.63) is 0 Å². The Morgan fingerprint density at radius 3 is 2.60 bits per heavy atom. The third kappa shape index (κ3) is 6.98. The molecule has 20 heavy (non-hydrogen) atoms. The fourth-order valence-corrected chi connectivity index (χ4v) is 2.12. The Balaban J connectivity index is 2.14. The smallest absolute Gasteiger partial charge is 0.373 e. The average molecular weight is 295 g/mol. The van der Waals surface area contributed by atoms with E-state index in [9.17, 15) is 13.2 Å². The molecule has 1 atom stereocenters. The Labute approximate surface area is 118 Å². The molecule has 0 amide bonds. The molecule has 1 fully saturated rings. The van der Waals surface area contributed by atoms with Crippen LogP contribution in [0.15, 0.2) is 4.99 Å². The molecule has 0 spiro atoms. The van der Waals surface area contributed by atoms with Crippen molar-refractivity contribution in [3.8, 4) is 0 Å². The number of hydrogen-bond acceptors (Lipinski definition) is 2. The van der Waals surface area contributed by atoms with Gasteiger partial charge >= 0.3 is 6.18 Å². The summed E-state index contributed by atoms with van der Waals surface area (Å²) >= 11 is 0. The van der Waals surface area contributed by atoms with Crippen LogP contribution in [0.4, 0.5) is 13.2 Å². The van der Waals surface area contributed by atoms with Gasteiger partial charge in [-0.25, -0.2) is 0 Å². The lowest BCUT2D eigenvalue weighted by molar-refractivity contribution is -0.135. The van der Waals surface area contributed by atoms with Crippen LogP contribution in [0.25, 0.3) is 0 Å². The number of unbranched alkanes of at least 4 members (excludes halogenated alkanes) is 1. The second-order valence-electron chi connectivity index (χ2n) is 5.33. The fraction of sp³-hybridized carbons (Fsp3) is 0.923. The van der Waals surface area contributed by atoms with E-state index >= 15 is 0 Å². The van der Waals surface area contributed by atoms with Crippen LogP contribution in [-0.2, 0) is 4.74 Å². The maximum absolute atomic E-state index is 12.0. The number of aliphatic imine (C=N–C) groups is 1. The second-order valence-corrected chi connectivity index (χ2v) is 5.33. The first-order valence-corrected chi connectivity index (χ1v) is 7.00. The van der Waals surface area contributed by atoms with Gasteiger partial charge in [0.25, 0.3) is 0 Å². The molecule has 1 aliphatic heterocycles. The molecule has 0 bridgehead atoms. The average Bonchev–Trinajstić information content (AvgIpc) is 2.79. The molecule has 1 saturated heterocycles. The summed E-state index contributed by atoms with van der Waals surface area (Å²) in [4.78, 5) is 4.04. The molecule has 7 heteroatoms. The van der Waals surface area contributed by atoms with Crippen LogP contribution < -0.4 is 10.6 Å². The highest BCUT2D eigenvalue weighted by Gasteiger charge is 2.29. The van der Waals surface area contributed by atoms with Crippen molar-refractivity contribution in [1.29, 1.82) is 0 Å². The Morgan fingerprint density at radius 1 is 1.30 bits per heavy atom. The molecule has 1 heterocycles. The lowest BCUT2D eigenvalue weighted by atomic mass is 10.0. The van der Waals surface area contributed by atoms with Crippen molar-refractivity contribution >= 4 is 5.96 Å². The molecule has 1 aliphatic rings. The van der Waals surface area contributed by atoms with Crippen LogP contribution >= 0.6 is 0 Å². The maximum atomic E-state index is 12.0. The van der Waals surface area contributed by atoms with Gasteiger partial charge in [0.2, 0.25) is 0 Å². The highest BCUT2D eigenvalue weighted by molar-refractivity contribution is 5.79. The van der Waals surface area contributed by atoms with E-state index in [-0.39, 0.29) is 12.0 Å². The zero-order valence-corrected chi connectivity index (χ0v) is 12.1. The van der Waals surface area contributed by atoms with E-state index in [1.165, 1.54) is 0 Å². The molecule has 1 rings (SSSR count). The Morgan fingerprint density at radius 2 is 2.05 bits per heavy atom. The van der Waals surface area contributed by atoms with E-state index in [0.717, 1.165) is 19.4 Å². The van der Waals surface area contributed by atoms with Gasteiger partial charge in [0.1, 0.15) is 0 Å². The summed E-state index contributed by atoms with van der Waals surface area (Å²) in [5.41, 5.74) is -0.173. The van der Waals surface area contributed by atoms with Crippen molar-refractivity contribution in [2.24, 2.45) is 4.99 Å². The normalized spacial score (nSPS) is 23.9. The van der Waals surface area contributed by atoms with E-state index in [2.05, 4.69) is 15.6 Å². The van der Waals surface area contributed by atoms with E-state index in [0.29, 0.717) is 25.5 Å². The topological polar surface area (TPSA) is 45.7 Å². The van der Waals surface area contributed by atoms with Crippen molar-refractivity contribution in [2.45, 2.75) is 50.8 Å². The summed E-state index contributed by atoms with van der Waals surface area (Å²) in [6.07, 6.45) is -2.13. The van der Waals surface area contributed by atoms with Gasteiger partial charge in [0.05, 0.1) is 5.60 Å². The van der Waals surface area contributed by atoms with Gasteiger partial charge in [-0.1, -0.05) is 0 Å². The lowest BCUT2D eigenvalue weighted by Gasteiger charge is -2.24. The van der Waals surface area contributed by atoms with Gasteiger partial charge in [0.15, 0.2) is 5.96 Å². The number of hydrogen-bond donors (Lipinski definition) is 2. The number of ether oxygens (including phenoxy) is 1. The number of halogens is 3. The number of guanidine groups is 1. The second kappa shape index (κ2) is 7.71. The van der Waals surface area contributed by atoms with Crippen LogP contribution in [0.3, 0.4) is 0 Å². The zero-order valence-electron chi connectivity index (χ0n) is 12.1. The molecule has 2 N–H and O–H groups in total. The minimum Gasteiger partial charge on any atom is -0.373 e. The maximum Gasteiger partial charge on any atom is 0.389 e. The van der Waals surface area contributed by atoms with Crippen LogP contribution in [0.1, 0.15) is 39.0 Å². The van der Waals surface area contributed by atoms with Crippen LogP contribution in [0.5, 0.6) is 0 Å². The standard InChI is InChI=1S/C13H24F3N3O/c1-12(6-5-9-20-12)10-19-11(17-2)18-8-4-3-7-13(14,15)16/h3-10H2,1-2H3,(H2,17,18,19). The van der Waals surface area contributed by atoms with Gasteiger partial charge in [0, 0.05) is 33.2 Å². The van der Waals surface area contributed by atoms with Gasteiger partial charge in [-0.3, -0.25) is 4.99 Å². The Bertz CT molecular complexity index is 312. The molecule has 1 unspecified atom stereocenters. The number of alkyl halides is 3. The van der Waals surface area contributed by atoms with Gasteiger partial charge in [-0.05, 0) is 32.6 Å². The molecule has 0 aliphatic carbocycles.